The molecular weight excluding hydrogens is 454 g/mol. The third-order valence-electron chi connectivity index (χ3n) is 4.63. The number of carbonyl (C=O) groups excluding carboxylic acids is 1. The number of carbonyl (C=O) groups is 1. The first-order valence-corrected chi connectivity index (χ1v) is 12.1. The maximum Gasteiger partial charge on any atom is 0.280 e. The summed E-state index contributed by atoms with van der Waals surface area (Å²) in [4.78, 5) is 23.5. The molecule has 1 aromatic carbocycles. The second-order valence-corrected chi connectivity index (χ2v) is 10.4. The molecule has 0 atom stereocenters. The van der Waals surface area contributed by atoms with Crippen LogP contribution in [-0.4, -0.2) is 47.6 Å². The number of ether oxygens (including phenoxy) is 1. The minimum absolute atomic E-state index is 0.0108. The van der Waals surface area contributed by atoms with Gasteiger partial charge in [0.1, 0.15) is 0 Å². The Bertz CT molecular complexity index is 1200. The van der Waals surface area contributed by atoms with Gasteiger partial charge >= 0.3 is 0 Å². The number of thiazole rings is 1. The number of aromatic amines is 1. The smallest absolute Gasteiger partial charge is 0.280 e. The molecule has 10 nitrogen and oxygen atoms in total. The number of H-pyrrole nitrogens is 1. The number of rotatable bonds is 10. The third kappa shape index (κ3) is 5.21. The maximum atomic E-state index is 12.9. The summed E-state index contributed by atoms with van der Waals surface area (Å²) >= 11 is 1.28. The van der Waals surface area contributed by atoms with Crippen LogP contribution in [0.2, 0.25) is 0 Å². The van der Waals surface area contributed by atoms with Crippen molar-refractivity contribution >= 4 is 37.9 Å². The van der Waals surface area contributed by atoms with E-state index in [1.807, 2.05) is 0 Å². The number of nitrogens with zero attached hydrogens (tertiary/aromatic N) is 3. The minimum atomic E-state index is -3.33. The van der Waals surface area contributed by atoms with Gasteiger partial charge in [-0.3, -0.25) is 15.2 Å². The molecule has 2 N–H and O–H groups in total. The molecule has 0 aliphatic heterocycles. The number of amides is 1. The molecule has 0 unspecified atom stereocenters. The van der Waals surface area contributed by atoms with Crippen molar-refractivity contribution in [3.8, 4) is 0 Å². The molecule has 1 fully saturated rings. The van der Waals surface area contributed by atoms with Gasteiger partial charge in [-0.2, -0.15) is 5.10 Å². The first kappa shape index (κ1) is 22.1. The fourth-order valence-electron chi connectivity index (χ4n) is 2.86. The lowest BCUT2D eigenvalue weighted by atomic mass is 10.1. The molecule has 2 aromatic heterocycles. The Morgan fingerprint density at radius 2 is 2.03 bits per heavy atom. The van der Waals surface area contributed by atoms with Crippen molar-refractivity contribution in [2.24, 2.45) is 5.16 Å². The predicted molar refractivity (Wildman–Crippen MR) is 118 cm³/mol. The molecule has 168 valence electrons. The van der Waals surface area contributed by atoms with E-state index in [0.29, 0.717) is 35.8 Å². The number of benzene rings is 1. The van der Waals surface area contributed by atoms with Crippen LogP contribution < -0.4 is 5.32 Å². The fourth-order valence-corrected chi connectivity index (χ4v) is 5.30. The van der Waals surface area contributed by atoms with Crippen molar-refractivity contribution < 1.29 is 22.8 Å². The summed E-state index contributed by atoms with van der Waals surface area (Å²) in [6, 6.07) is 7.79. The minimum Gasteiger partial charge on any atom is -0.389 e. The molecule has 1 aliphatic carbocycles. The highest BCUT2D eigenvalue weighted by Crippen LogP contribution is 2.33. The number of oxime groups is 1. The summed E-state index contributed by atoms with van der Waals surface area (Å²) in [5.41, 5.74) is 1.09. The Kier molecular flexibility index (Phi) is 6.63. The van der Waals surface area contributed by atoms with Crippen LogP contribution in [0.25, 0.3) is 0 Å². The molecule has 12 heteroatoms. The second kappa shape index (κ2) is 9.59. The molecule has 0 saturated heterocycles. The van der Waals surface area contributed by atoms with Crippen molar-refractivity contribution in [1.82, 2.24) is 15.2 Å². The van der Waals surface area contributed by atoms with Gasteiger partial charge in [0.2, 0.25) is 0 Å². The van der Waals surface area contributed by atoms with E-state index in [9.17, 15) is 13.2 Å². The van der Waals surface area contributed by atoms with Crippen molar-refractivity contribution in [2.75, 3.05) is 12.4 Å². The van der Waals surface area contributed by atoms with Crippen molar-refractivity contribution in [1.29, 1.82) is 0 Å². The number of hydrogen-bond acceptors (Lipinski definition) is 9. The summed E-state index contributed by atoms with van der Waals surface area (Å²) in [5.74, 6) is -0.536. The Balaban J connectivity index is 1.55. The molecular formula is C20H21N5O5S2. The molecule has 1 amide bonds. The van der Waals surface area contributed by atoms with Gasteiger partial charge in [-0.15, -0.1) is 0 Å². The zero-order valence-corrected chi connectivity index (χ0v) is 18.8. The number of sulfone groups is 1. The molecule has 1 aliphatic rings. The van der Waals surface area contributed by atoms with Gasteiger partial charge in [-0.25, -0.2) is 13.4 Å². The lowest BCUT2D eigenvalue weighted by Gasteiger charge is -2.08. The summed E-state index contributed by atoms with van der Waals surface area (Å²) in [7, 11) is -1.75. The van der Waals surface area contributed by atoms with E-state index in [-0.39, 0.29) is 22.5 Å². The number of hydrogen-bond donors (Lipinski definition) is 2. The van der Waals surface area contributed by atoms with E-state index in [1.54, 1.807) is 37.7 Å². The van der Waals surface area contributed by atoms with E-state index in [1.165, 1.54) is 23.5 Å². The van der Waals surface area contributed by atoms with Crippen molar-refractivity contribution in [2.45, 2.75) is 36.2 Å². The highest BCUT2D eigenvalue weighted by Gasteiger charge is 2.36. The standard InChI is InChI=1S/C20H21N5O5S2/c1-29-12-15-10-21-20(31-15)23-19(26)18(25-30-11-14-8-9-22-24-14)13-2-4-16(5-3-13)32(27,28)17-6-7-17/h2-5,8-10,17H,6-7,11-12H2,1H3,(H,22,24)(H,21,23,26). The molecule has 2 heterocycles. The largest absolute Gasteiger partial charge is 0.389 e. The number of anilines is 1. The van der Waals surface area contributed by atoms with Gasteiger partial charge in [0, 0.05) is 25.1 Å². The zero-order chi connectivity index (χ0) is 22.6. The first-order chi connectivity index (χ1) is 15.5. The summed E-state index contributed by atoms with van der Waals surface area (Å²) < 4.78 is 30.0. The predicted octanol–water partition coefficient (Wildman–Crippen LogP) is 2.51. The molecule has 0 radical (unpaired) electrons. The van der Waals surface area contributed by atoms with Crippen molar-refractivity contribution in [3.05, 3.63) is 58.9 Å². The zero-order valence-electron chi connectivity index (χ0n) is 17.1. The first-order valence-electron chi connectivity index (χ1n) is 9.75. The molecule has 32 heavy (non-hydrogen) atoms. The number of methoxy groups -OCH3 is 1. The molecule has 3 aromatic rings. The van der Waals surface area contributed by atoms with Crippen LogP contribution in [0, 0.1) is 0 Å². The fraction of sp³-hybridized carbons (Fsp3) is 0.300. The summed E-state index contributed by atoms with van der Waals surface area (Å²) in [5, 5.41) is 13.4. The lowest BCUT2D eigenvalue weighted by Crippen LogP contribution is -2.24. The van der Waals surface area contributed by atoms with Crippen LogP contribution in [0.3, 0.4) is 0 Å². The van der Waals surface area contributed by atoms with Gasteiger partial charge in [0.15, 0.2) is 27.3 Å². The average molecular weight is 476 g/mol. The quantitative estimate of drug-likeness (QED) is 0.340. The highest BCUT2D eigenvalue weighted by molar-refractivity contribution is 7.92. The van der Waals surface area contributed by atoms with Crippen LogP contribution >= 0.6 is 11.3 Å². The Labute approximate surface area is 188 Å². The van der Waals surface area contributed by atoms with Gasteiger partial charge < -0.3 is 9.57 Å². The lowest BCUT2D eigenvalue weighted by molar-refractivity contribution is -0.110. The summed E-state index contributed by atoms with van der Waals surface area (Å²) in [6.45, 7) is 0.471. The van der Waals surface area contributed by atoms with Crippen molar-refractivity contribution in [3.63, 3.8) is 0 Å². The maximum absolute atomic E-state index is 12.9. The van der Waals surface area contributed by atoms with Crippen LogP contribution in [0.1, 0.15) is 29.0 Å². The molecule has 1 saturated carbocycles. The Morgan fingerprint density at radius 3 is 2.69 bits per heavy atom. The Morgan fingerprint density at radius 1 is 1.25 bits per heavy atom. The van der Waals surface area contributed by atoms with Crippen LogP contribution in [-0.2, 0) is 37.4 Å². The highest BCUT2D eigenvalue weighted by atomic mass is 32.2. The van der Waals surface area contributed by atoms with Gasteiger partial charge in [-0.1, -0.05) is 28.6 Å². The van der Waals surface area contributed by atoms with E-state index < -0.39 is 15.7 Å². The van der Waals surface area contributed by atoms with E-state index in [0.717, 1.165) is 4.88 Å². The number of aromatic nitrogens is 3. The molecule has 0 spiro atoms. The number of nitrogens with one attached hydrogen (secondary N) is 2. The molecule has 4 rings (SSSR count). The van der Waals surface area contributed by atoms with Gasteiger partial charge in [-0.05, 0) is 31.0 Å². The second-order valence-electron chi connectivity index (χ2n) is 7.08. The van der Waals surface area contributed by atoms with E-state index in [2.05, 4.69) is 25.7 Å². The van der Waals surface area contributed by atoms with E-state index in [4.69, 9.17) is 9.57 Å². The molecule has 0 bridgehead atoms. The normalized spacial score (nSPS) is 14.3. The van der Waals surface area contributed by atoms with Crippen LogP contribution in [0.4, 0.5) is 5.13 Å². The monoisotopic (exact) mass is 475 g/mol. The average Bonchev–Trinajstić information content (AvgIpc) is 3.37. The Hall–Kier alpha value is -3.09. The van der Waals surface area contributed by atoms with Gasteiger partial charge in [0.05, 0.1) is 27.3 Å². The van der Waals surface area contributed by atoms with Crippen LogP contribution in [0.15, 0.2) is 52.8 Å². The summed E-state index contributed by atoms with van der Waals surface area (Å²) in [6.07, 6.45) is 4.56. The van der Waals surface area contributed by atoms with Crippen LogP contribution in [0.5, 0.6) is 0 Å². The third-order valence-corrected chi connectivity index (χ3v) is 7.79. The topological polar surface area (TPSA) is 136 Å². The SMILES string of the molecule is COCc1cnc(NC(=O)C(=NOCc2ccn[nH]2)c2ccc(S(=O)(=O)C3CC3)cc2)s1. The van der Waals surface area contributed by atoms with E-state index >= 15 is 0 Å². The van der Waals surface area contributed by atoms with Gasteiger partial charge in [0.25, 0.3) is 5.91 Å².